The second-order valence-electron chi connectivity index (χ2n) is 3.96. The molecule has 0 aliphatic rings. The highest BCUT2D eigenvalue weighted by Gasteiger charge is 2.07. The fraction of sp³-hybridized carbons (Fsp3) is 0.455. The van der Waals surface area contributed by atoms with E-state index in [0.717, 1.165) is 16.9 Å². The molecule has 2 heterocycles. The summed E-state index contributed by atoms with van der Waals surface area (Å²) in [6.45, 7) is 2.48. The molecular formula is C11H16FN5. The summed E-state index contributed by atoms with van der Waals surface area (Å²) in [6.07, 6.45) is 5.48. The standard InChI is InChI=1S/C11H16FN5/c1-9-5-15-17(4-3-12)11(9)13-6-10-7-14-16(2)8-10/h5,7-8,13H,3-4,6H2,1-2H3. The Morgan fingerprint density at radius 3 is 2.82 bits per heavy atom. The van der Waals surface area contributed by atoms with E-state index >= 15 is 0 Å². The van der Waals surface area contributed by atoms with E-state index in [2.05, 4.69) is 15.5 Å². The van der Waals surface area contributed by atoms with Crippen LogP contribution in [0, 0.1) is 6.92 Å². The van der Waals surface area contributed by atoms with Gasteiger partial charge < -0.3 is 5.32 Å². The van der Waals surface area contributed by atoms with Gasteiger partial charge in [0.05, 0.1) is 18.9 Å². The molecule has 0 aliphatic carbocycles. The van der Waals surface area contributed by atoms with E-state index in [4.69, 9.17) is 0 Å². The van der Waals surface area contributed by atoms with E-state index < -0.39 is 6.67 Å². The van der Waals surface area contributed by atoms with Gasteiger partial charge in [0.1, 0.15) is 12.5 Å². The quantitative estimate of drug-likeness (QED) is 0.857. The zero-order valence-corrected chi connectivity index (χ0v) is 10.0. The van der Waals surface area contributed by atoms with Crippen molar-refractivity contribution in [2.75, 3.05) is 12.0 Å². The van der Waals surface area contributed by atoms with Crippen LogP contribution in [0.15, 0.2) is 18.6 Å². The van der Waals surface area contributed by atoms with Crippen LogP contribution in [-0.4, -0.2) is 26.2 Å². The summed E-state index contributed by atoms with van der Waals surface area (Å²) >= 11 is 0. The number of nitrogens with zero attached hydrogens (tertiary/aromatic N) is 4. The third kappa shape index (κ3) is 2.64. The third-order valence-electron chi connectivity index (χ3n) is 2.54. The van der Waals surface area contributed by atoms with Gasteiger partial charge in [0, 0.05) is 30.9 Å². The normalized spacial score (nSPS) is 10.8. The minimum absolute atomic E-state index is 0.281. The first-order chi connectivity index (χ1) is 8.20. The lowest BCUT2D eigenvalue weighted by Gasteiger charge is -2.08. The molecule has 1 N–H and O–H groups in total. The molecule has 5 nitrogen and oxygen atoms in total. The van der Waals surface area contributed by atoms with Gasteiger partial charge in [0.15, 0.2) is 0 Å². The molecule has 2 aromatic heterocycles. The highest BCUT2D eigenvalue weighted by molar-refractivity contribution is 5.43. The third-order valence-corrected chi connectivity index (χ3v) is 2.54. The molecule has 6 heteroatoms. The number of hydrogen-bond donors (Lipinski definition) is 1. The molecule has 92 valence electrons. The molecule has 0 saturated heterocycles. The maximum Gasteiger partial charge on any atom is 0.127 e. The molecule has 0 unspecified atom stereocenters. The lowest BCUT2D eigenvalue weighted by atomic mass is 10.3. The van der Waals surface area contributed by atoms with Crippen LogP contribution in [0.4, 0.5) is 10.2 Å². The van der Waals surface area contributed by atoms with Crippen molar-refractivity contribution in [3.63, 3.8) is 0 Å². The van der Waals surface area contributed by atoms with E-state index in [1.165, 1.54) is 0 Å². The highest BCUT2D eigenvalue weighted by Crippen LogP contribution is 2.14. The van der Waals surface area contributed by atoms with Crippen molar-refractivity contribution in [2.24, 2.45) is 7.05 Å². The highest BCUT2D eigenvalue weighted by atomic mass is 19.1. The average molecular weight is 237 g/mol. The van der Waals surface area contributed by atoms with Gasteiger partial charge in [-0.2, -0.15) is 10.2 Å². The SMILES string of the molecule is Cc1cnn(CCF)c1NCc1cnn(C)c1. The lowest BCUT2D eigenvalue weighted by molar-refractivity contribution is 0.429. The van der Waals surface area contributed by atoms with E-state index in [0.29, 0.717) is 6.54 Å². The zero-order valence-electron chi connectivity index (χ0n) is 10.0. The molecule has 2 aromatic rings. The Morgan fingerprint density at radius 1 is 1.35 bits per heavy atom. The average Bonchev–Trinajstić information content (AvgIpc) is 2.85. The summed E-state index contributed by atoms with van der Waals surface area (Å²) < 4.78 is 15.7. The van der Waals surface area contributed by atoms with Gasteiger partial charge in [0.2, 0.25) is 0 Å². The van der Waals surface area contributed by atoms with Crippen molar-refractivity contribution < 1.29 is 4.39 Å². The predicted molar refractivity (Wildman–Crippen MR) is 63.5 cm³/mol. The first-order valence-electron chi connectivity index (χ1n) is 5.50. The minimum atomic E-state index is -0.414. The van der Waals surface area contributed by atoms with Crippen LogP contribution in [-0.2, 0) is 20.1 Å². The Labute approximate surface area is 99.2 Å². The van der Waals surface area contributed by atoms with E-state index in [1.807, 2.05) is 20.2 Å². The van der Waals surface area contributed by atoms with Gasteiger partial charge in [-0.3, -0.25) is 4.68 Å². The monoisotopic (exact) mass is 237 g/mol. The van der Waals surface area contributed by atoms with E-state index in [-0.39, 0.29) is 6.54 Å². The Hall–Kier alpha value is -1.85. The number of anilines is 1. The molecule has 0 fully saturated rings. The second kappa shape index (κ2) is 4.99. The largest absolute Gasteiger partial charge is 0.366 e. The predicted octanol–water partition coefficient (Wildman–Crippen LogP) is 1.51. The Morgan fingerprint density at radius 2 is 2.18 bits per heavy atom. The molecule has 0 atom stereocenters. The van der Waals surface area contributed by atoms with Gasteiger partial charge in [-0.25, -0.2) is 9.07 Å². The molecule has 0 aliphatic heterocycles. The van der Waals surface area contributed by atoms with Crippen molar-refractivity contribution in [2.45, 2.75) is 20.0 Å². The number of nitrogens with one attached hydrogen (secondary N) is 1. The smallest absolute Gasteiger partial charge is 0.127 e. The van der Waals surface area contributed by atoms with Crippen LogP contribution in [0.2, 0.25) is 0 Å². The number of aromatic nitrogens is 4. The van der Waals surface area contributed by atoms with Gasteiger partial charge in [0.25, 0.3) is 0 Å². The fourth-order valence-electron chi connectivity index (χ4n) is 1.71. The summed E-state index contributed by atoms with van der Waals surface area (Å²) in [5.74, 6) is 0.867. The van der Waals surface area contributed by atoms with Gasteiger partial charge in [-0.15, -0.1) is 0 Å². The molecule has 0 amide bonds. The first-order valence-corrected chi connectivity index (χ1v) is 5.50. The molecular weight excluding hydrogens is 221 g/mol. The number of rotatable bonds is 5. The van der Waals surface area contributed by atoms with Crippen molar-refractivity contribution >= 4 is 5.82 Å². The summed E-state index contributed by atoms with van der Waals surface area (Å²) in [6, 6.07) is 0. The Kier molecular flexibility index (Phi) is 3.41. The van der Waals surface area contributed by atoms with Crippen LogP contribution in [0.3, 0.4) is 0 Å². The van der Waals surface area contributed by atoms with Crippen molar-refractivity contribution in [3.05, 3.63) is 29.7 Å². The summed E-state index contributed by atoms with van der Waals surface area (Å²) in [5.41, 5.74) is 2.10. The van der Waals surface area contributed by atoms with Crippen LogP contribution in [0.25, 0.3) is 0 Å². The van der Waals surface area contributed by atoms with Crippen molar-refractivity contribution in [3.8, 4) is 0 Å². The maximum atomic E-state index is 12.3. The second-order valence-corrected chi connectivity index (χ2v) is 3.96. The lowest BCUT2D eigenvalue weighted by Crippen LogP contribution is -2.09. The molecule has 17 heavy (non-hydrogen) atoms. The van der Waals surface area contributed by atoms with Gasteiger partial charge in [-0.05, 0) is 6.92 Å². The number of halogens is 1. The van der Waals surface area contributed by atoms with Crippen LogP contribution < -0.4 is 5.32 Å². The van der Waals surface area contributed by atoms with Gasteiger partial charge >= 0.3 is 0 Å². The first kappa shape index (κ1) is 11.6. The van der Waals surface area contributed by atoms with Gasteiger partial charge in [-0.1, -0.05) is 0 Å². The van der Waals surface area contributed by atoms with Crippen LogP contribution in [0.5, 0.6) is 0 Å². The zero-order chi connectivity index (χ0) is 12.3. The summed E-state index contributed by atoms with van der Waals surface area (Å²) in [5, 5.41) is 11.5. The number of hydrogen-bond acceptors (Lipinski definition) is 3. The fourth-order valence-corrected chi connectivity index (χ4v) is 1.71. The molecule has 0 spiro atoms. The van der Waals surface area contributed by atoms with Crippen LogP contribution in [0.1, 0.15) is 11.1 Å². The molecule has 0 aromatic carbocycles. The Balaban J connectivity index is 2.05. The molecule has 0 radical (unpaired) electrons. The minimum Gasteiger partial charge on any atom is -0.366 e. The summed E-state index contributed by atoms with van der Waals surface area (Å²) in [7, 11) is 1.88. The topological polar surface area (TPSA) is 47.7 Å². The number of aryl methyl sites for hydroxylation is 3. The van der Waals surface area contributed by atoms with E-state index in [1.54, 1.807) is 21.8 Å². The number of alkyl halides is 1. The molecule has 2 rings (SSSR count). The van der Waals surface area contributed by atoms with Crippen molar-refractivity contribution in [1.82, 2.24) is 19.6 Å². The molecule has 0 bridgehead atoms. The molecule has 0 saturated carbocycles. The maximum absolute atomic E-state index is 12.3. The van der Waals surface area contributed by atoms with Crippen LogP contribution >= 0.6 is 0 Å². The van der Waals surface area contributed by atoms with Crippen molar-refractivity contribution in [1.29, 1.82) is 0 Å². The Bertz CT molecular complexity index is 488. The summed E-state index contributed by atoms with van der Waals surface area (Å²) in [4.78, 5) is 0. The van der Waals surface area contributed by atoms with E-state index in [9.17, 15) is 4.39 Å².